The molecule has 2 rings (SSSR count). The van der Waals surface area contributed by atoms with Crippen molar-refractivity contribution in [2.75, 3.05) is 11.1 Å². The Morgan fingerprint density at radius 3 is 2.63 bits per heavy atom. The van der Waals surface area contributed by atoms with E-state index < -0.39 is 5.91 Å². The van der Waals surface area contributed by atoms with Gasteiger partial charge in [-0.1, -0.05) is 29.3 Å². The van der Waals surface area contributed by atoms with Crippen molar-refractivity contribution >= 4 is 40.5 Å². The summed E-state index contributed by atoms with van der Waals surface area (Å²) in [5, 5.41) is 3.44. The molecule has 19 heavy (non-hydrogen) atoms. The molecule has 4 nitrogen and oxygen atoms in total. The number of aromatic nitrogens is 1. The average molecular weight is 296 g/mol. The van der Waals surface area contributed by atoms with Crippen LogP contribution in [0.1, 0.15) is 16.1 Å². The van der Waals surface area contributed by atoms with Gasteiger partial charge in [0, 0.05) is 0 Å². The van der Waals surface area contributed by atoms with Gasteiger partial charge in [-0.2, -0.15) is 0 Å². The van der Waals surface area contributed by atoms with E-state index in [0.717, 1.165) is 5.56 Å². The summed E-state index contributed by atoms with van der Waals surface area (Å²) in [5.41, 5.74) is 7.45. The molecule has 98 valence electrons. The number of anilines is 2. The normalized spacial score (nSPS) is 10.3. The molecule has 0 atom stereocenters. The molecule has 0 bridgehead atoms. The van der Waals surface area contributed by atoms with Gasteiger partial charge in [-0.25, -0.2) is 4.98 Å². The molecule has 6 heteroatoms. The van der Waals surface area contributed by atoms with Gasteiger partial charge in [-0.15, -0.1) is 0 Å². The summed E-state index contributed by atoms with van der Waals surface area (Å²) in [7, 11) is 0. The van der Waals surface area contributed by atoms with Crippen molar-refractivity contribution in [3.05, 3.63) is 51.8 Å². The van der Waals surface area contributed by atoms with E-state index in [1.54, 1.807) is 18.2 Å². The van der Waals surface area contributed by atoms with E-state index in [0.29, 0.717) is 21.4 Å². The molecule has 1 amide bonds. The number of carbonyl (C=O) groups excluding carboxylic acids is 1. The van der Waals surface area contributed by atoms with Crippen LogP contribution in [0.3, 0.4) is 0 Å². The summed E-state index contributed by atoms with van der Waals surface area (Å²) in [6, 6.07) is 6.58. The maximum Gasteiger partial charge on any atom is 0.274 e. The number of pyridine rings is 1. The van der Waals surface area contributed by atoms with E-state index in [4.69, 9.17) is 28.9 Å². The molecule has 0 aliphatic rings. The van der Waals surface area contributed by atoms with E-state index in [2.05, 4.69) is 10.3 Å². The second kappa shape index (κ2) is 5.47. The van der Waals surface area contributed by atoms with Crippen molar-refractivity contribution in [1.29, 1.82) is 0 Å². The summed E-state index contributed by atoms with van der Waals surface area (Å²) >= 11 is 12.1. The smallest absolute Gasteiger partial charge is 0.274 e. The SMILES string of the molecule is Cc1ccc(Cl)c(NC(=O)c2ccc(N)cn2)c1Cl. The molecule has 1 aromatic carbocycles. The van der Waals surface area contributed by atoms with Crippen LogP contribution in [-0.2, 0) is 0 Å². The lowest BCUT2D eigenvalue weighted by Gasteiger charge is -2.10. The van der Waals surface area contributed by atoms with Crippen molar-refractivity contribution in [2.24, 2.45) is 0 Å². The zero-order valence-electron chi connectivity index (χ0n) is 10.1. The van der Waals surface area contributed by atoms with Gasteiger partial charge < -0.3 is 11.1 Å². The Hall–Kier alpha value is -1.78. The third-order valence-electron chi connectivity index (χ3n) is 2.54. The summed E-state index contributed by atoms with van der Waals surface area (Å²) in [6.07, 6.45) is 1.41. The van der Waals surface area contributed by atoms with Crippen LogP contribution < -0.4 is 11.1 Å². The van der Waals surface area contributed by atoms with E-state index in [9.17, 15) is 4.79 Å². The maximum absolute atomic E-state index is 12.0. The molecule has 3 N–H and O–H groups in total. The summed E-state index contributed by atoms with van der Waals surface area (Å²) < 4.78 is 0. The standard InChI is InChI=1S/C13H11Cl2N3O/c1-7-2-4-9(14)12(11(7)15)18-13(19)10-5-3-8(16)6-17-10/h2-6H,16H2,1H3,(H,18,19). The first-order valence-corrected chi connectivity index (χ1v) is 6.22. The fraction of sp³-hybridized carbons (Fsp3) is 0.0769. The summed E-state index contributed by atoms with van der Waals surface area (Å²) in [4.78, 5) is 15.9. The van der Waals surface area contributed by atoms with Crippen LogP contribution in [0.4, 0.5) is 11.4 Å². The minimum Gasteiger partial charge on any atom is -0.397 e. The number of amides is 1. The molecule has 0 aliphatic carbocycles. The number of nitrogens with two attached hydrogens (primary N) is 1. The number of nitrogen functional groups attached to an aromatic ring is 1. The number of hydrogen-bond acceptors (Lipinski definition) is 3. The Balaban J connectivity index is 2.29. The average Bonchev–Trinajstić information content (AvgIpc) is 2.40. The first-order valence-electron chi connectivity index (χ1n) is 5.46. The monoisotopic (exact) mass is 295 g/mol. The van der Waals surface area contributed by atoms with Crippen LogP contribution in [0.5, 0.6) is 0 Å². The van der Waals surface area contributed by atoms with Crippen molar-refractivity contribution in [1.82, 2.24) is 4.98 Å². The quantitative estimate of drug-likeness (QED) is 0.890. The molecule has 0 saturated heterocycles. The largest absolute Gasteiger partial charge is 0.397 e. The number of benzene rings is 1. The summed E-state index contributed by atoms with van der Waals surface area (Å²) in [6.45, 7) is 1.83. The van der Waals surface area contributed by atoms with Gasteiger partial charge in [-0.3, -0.25) is 4.79 Å². The second-order valence-corrected chi connectivity index (χ2v) is 4.77. The van der Waals surface area contributed by atoms with Crippen molar-refractivity contribution in [3.63, 3.8) is 0 Å². The fourth-order valence-electron chi connectivity index (χ4n) is 1.49. The Kier molecular flexibility index (Phi) is 3.93. The highest BCUT2D eigenvalue weighted by Gasteiger charge is 2.13. The number of hydrogen-bond donors (Lipinski definition) is 2. The highest BCUT2D eigenvalue weighted by Crippen LogP contribution is 2.33. The van der Waals surface area contributed by atoms with Crippen LogP contribution in [0.15, 0.2) is 30.5 Å². The number of carbonyl (C=O) groups is 1. The molecule has 0 unspecified atom stereocenters. The van der Waals surface area contributed by atoms with Crippen LogP contribution in [-0.4, -0.2) is 10.9 Å². The van der Waals surface area contributed by atoms with Gasteiger partial charge in [0.1, 0.15) is 5.69 Å². The first-order chi connectivity index (χ1) is 8.99. The van der Waals surface area contributed by atoms with Gasteiger partial charge >= 0.3 is 0 Å². The molecule has 0 radical (unpaired) electrons. The Bertz CT molecular complexity index is 627. The van der Waals surface area contributed by atoms with Crippen LogP contribution in [0.2, 0.25) is 10.0 Å². The Morgan fingerprint density at radius 2 is 2.00 bits per heavy atom. The molecule has 1 heterocycles. The molecule has 0 aliphatic heterocycles. The van der Waals surface area contributed by atoms with Gasteiger partial charge in [0.15, 0.2) is 0 Å². The molecule has 2 aromatic rings. The lowest BCUT2D eigenvalue weighted by Crippen LogP contribution is -2.14. The molecule has 0 saturated carbocycles. The summed E-state index contributed by atoms with van der Waals surface area (Å²) in [5.74, 6) is -0.394. The lowest BCUT2D eigenvalue weighted by atomic mass is 10.2. The number of aryl methyl sites for hydroxylation is 1. The number of rotatable bonds is 2. The van der Waals surface area contributed by atoms with Crippen LogP contribution in [0, 0.1) is 6.92 Å². The highest BCUT2D eigenvalue weighted by molar-refractivity contribution is 6.40. The second-order valence-electron chi connectivity index (χ2n) is 3.98. The van der Waals surface area contributed by atoms with E-state index in [1.807, 2.05) is 6.92 Å². The minimum absolute atomic E-state index is 0.239. The van der Waals surface area contributed by atoms with E-state index >= 15 is 0 Å². The fourth-order valence-corrected chi connectivity index (χ4v) is 1.95. The van der Waals surface area contributed by atoms with Crippen LogP contribution >= 0.6 is 23.2 Å². The van der Waals surface area contributed by atoms with E-state index in [1.165, 1.54) is 12.3 Å². The highest BCUT2D eigenvalue weighted by atomic mass is 35.5. The minimum atomic E-state index is -0.394. The van der Waals surface area contributed by atoms with Crippen molar-refractivity contribution in [2.45, 2.75) is 6.92 Å². The molecule has 0 spiro atoms. The Labute approximate surface area is 120 Å². The van der Waals surface area contributed by atoms with E-state index in [-0.39, 0.29) is 5.69 Å². The maximum atomic E-state index is 12.0. The number of nitrogens with one attached hydrogen (secondary N) is 1. The number of halogens is 2. The zero-order valence-corrected chi connectivity index (χ0v) is 11.6. The number of nitrogens with zero attached hydrogens (tertiary/aromatic N) is 1. The first kappa shape index (κ1) is 13.6. The third-order valence-corrected chi connectivity index (χ3v) is 3.34. The van der Waals surface area contributed by atoms with Crippen molar-refractivity contribution in [3.8, 4) is 0 Å². The van der Waals surface area contributed by atoms with Gasteiger partial charge in [0.2, 0.25) is 0 Å². The molecular formula is C13H11Cl2N3O. The lowest BCUT2D eigenvalue weighted by molar-refractivity contribution is 0.102. The molecule has 0 fully saturated rings. The molecule has 1 aromatic heterocycles. The van der Waals surface area contributed by atoms with Crippen molar-refractivity contribution < 1.29 is 4.79 Å². The topological polar surface area (TPSA) is 68.0 Å². The predicted molar refractivity (Wildman–Crippen MR) is 77.8 cm³/mol. The Morgan fingerprint density at radius 1 is 1.26 bits per heavy atom. The van der Waals surface area contributed by atoms with Gasteiger partial charge in [0.25, 0.3) is 5.91 Å². The van der Waals surface area contributed by atoms with Gasteiger partial charge in [0.05, 0.1) is 27.6 Å². The predicted octanol–water partition coefficient (Wildman–Crippen LogP) is 3.53. The van der Waals surface area contributed by atoms with Gasteiger partial charge in [-0.05, 0) is 30.7 Å². The molecular weight excluding hydrogens is 285 g/mol. The zero-order chi connectivity index (χ0) is 14.0. The third kappa shape index (κ3) is 2.97. The van der Waals surface area contributed by atoms with Crippen LogP contribution in [0.25, 0.3) is 0 Å².